The summed E-state index contributed by atoms with van der Waals surface area (Å²) in [5.41, 5.74) is 12.3. The first-order chi connectivity index (χ1) is 28.2. The molecule has 3 heterocycles. The van der Waals surface area contributed by atoms with Crippen LogP contribution >= 0.6 is 23.4 Å². The monoisotopic (exact) mass is 878 g/mol. The van der Waals surface area contributed by atoms with Gasteiger partial charge in [0.2, 0.25) is 24.1 Å². The summed E-state index contributed by atoms with van der Waals surface area (Å²) in [7, 11) is 4.58. The maximum absolute atomic E-state index is 14.3. The van der Waals surface area contributed by atoms with Crippen molar-refractivity contribution in [2.45, 2.75) is 134 Å². The number of amides is 3. The lowest BCUT2D eigenvalue weighted by atomic mass is 9.76. The van der Waals surface area contributed by atoms with E-state index in [2.05, 4.69) is 23.6 Å². The van der Waals surface area contributed by atoms with Gasteiger partial charge in [0.15, 0.2) is 0 Å². The van der Waals surface area contributed by atoms with Gasteiger partial charge >= 0.3 is 5.97 Å². The van der Waals surface area contributed by atoms with Crippen molar-refractivity contribution in [1.82, 2.24) is 15.5 Å². The van der Waals surface area contributed by atoms with Crippen LogP contribution in [0.25, 0.3) is 0 Å². The van der Waals surface area contributed by atoms with Crippen LogP contribution in [0.2, 0.25) is 5.02 Å². The number of hydrogen-bond donors (Lipinski definition) is 5. The van der Waals surface area contributed by atoms with E-state index in [1.807, 2.05) is 45.1 Å². The number of anilines is 1. The second kappa shape index (κ2) is 21.2. The topological polar surface area (TPSA) is 211 Å². The molecule has 3 amide bonds. The average molecular weight is 880 g/mol. The van der Waals surface area contributed by atoms with Crippen LogP contribution in [0.3, 0.4) is 0 Å². The zero-order valence-electron chi connectivity index (χ0n) is 36.8. The Kier molecular flexibility index (Phi) is 17.5. The fraction of sp³-hybridized carbons (Fsp3) is 0.674. The summed E-state index contributed by atoms with van der Waals surface area (Å²) in [6.45, 7) is 11.9. The molecule has 0 radical (unpaired) electrons. The quantitative estimate of drug-likeness (QED) is 0.109. The van der Waals surface area contributed by atoms with Crippen LogP contribution in [0.15, 0.2) is 35.9 Å². The van der Waals surface area contributed by atoms with Gasteiger partial charge in [-0.05, 0) is 89.8 Å². The van der Waals surface area contributed by atoms with Crippen molar-refractivity contribution in [3.8, 4) is 5.75 Å². The predicted molar refractivity (Wildman–Crippen MR) is 235 cm³/mol. The van der Waals surface area contributed by atoms with Crippen LogP contribution in [0.4, 0.5) is 5.69 Å². The number of aliphatic hydroxyl groups excluding tert-OH is 1. The number of nitrogens with zero attached hydrogens (tertiary/aromatic N) is 2. The number of esters is 1. The number of thioether (sulfide) groups is 1. The Morgan fingerprint density at radius 1 is 1.23 bits per heavy atom. The number of carbonyl (C=O) groups is 4. The molecule has 7 N–H and O–H groups in total. The van der Waals surface area contributed by atoms with Gasteiger partial charge in [-0.1, -0.05) is 55.7 Å². The molecule has 2 saturated heterocycles. The van der Waals surface area contributed by atoms with Gasteiger partial charge in [0.05, 0.1) is 37.5 Å². The van der Waals surface area contributed by atoms with Crippen LogP contribution in [-0.4, -0.2) is 127 Å². The van der Waals surface area contributed by atoms with Crippen LogP contribution in [0, 0.1) is 11.8 Å². The summed E-state index contributed by atoms with van der Waals surface area (Å²) < 4.78 is 24.3. The number of ether oxygens (including phenoxy) is 4. The van der Waals surface area contributed by atoms with Gasteiger partial charge in [0, 0.05) is 31.3 Å². The van der Waals surface area contributed by atoms with Crippen molar-refractivity contribution in [3.05, 3.63) is 46.5 Å². The van der Waals surface area contributed by atoms with Gasteiger partial charge in [-0.2, -0.15) is 11.8 Å². The molecule has 1 aromatic rings. The maximum Gasteiger partial charge on any atom is 0.328 e. The van der Waals surface area contributed by atoms with Gasteiger partial charge < -0.3 is 50.6 Å². The Hall–Kier alpha value is -3.22. The number of hydrogen-bond acceptors (Lipinski definition) is 13. The molecule has 0 aromatic heterocycles. The number of aliphatic hydroxyl groups is 1. The third-order valence-electron chi connectivity index (χ3n) is 12.4. The zero-order chi connectivity index (χ0) is 44.7. The summed E-state index contributed by atoms with van der Waals surface area (Å²) in [6, 6.07) is 0.783. The second-order valence-corrected chi connectivity index (χ2v) is 18.3. The molecular weight excluding hydrogens is 812 g/mol. The zero-order valence-corrected chi connectivity index (χ0v) is 38.4. The van der Waals surface area contributed by atoms with Crippen LogP contribution in [-0.2, 0) is 39.8 Å². The van der Waals surface area contributed by atoms with E-state index in [0.29, 0.717) is 43.7 Å². The lowest BCUT2D eigenvalue weighted by Gasteiger charge is -2.46. The van der Waals surface area contributed by atoms with Crippen LogP contribution in [0.5, 0.6) is 5.75 Å². The lowest BCUT2D eigenvalue weighted by molar-refractivity contribution is -0.218. The minimum absolute atomic E-state index is 0.0197. The molecule has 11 atom stereocenters. The number of likely N-dealkylation sites (N-methyl/N-ethyl adjacent to an activating group) is 1. The summed E-state index contributed by atoms with van der Waals surface area (Å²) in [6.07, 6.45) is 7.18. The van der Waals surface area contributed by atoms with Gasteiger partial charge in [-0.25, -0.2) is 4.79 Å². The molecule has 4 rings (SSSR count). The number of methoxy groups -OCH3 is 1. The Morgan fingerprint density at radius 2 is 1.93 bits per heavy atom. The van der Waals surface area contributed by atoms with Crippen molar-refractivity contribution in [3.63, 3.8) is 0 Å². The van der Waals surface area contributed by atoms with E-state index in [1.54, 1.807) is 20.2 Å². The number of halogens is 1. The highest BCUT2D eigenvalue weighted by Crippen LogP contribution is 2.49. The molecule has 17 heteroatoms. The normalized spacial score (nSPS) is 30.0. The first kappa shape index (κ1) is 49.4. The molecular formula is C43H67ClN6O9S. The van der Waals surface area contributed by atoms with E-state index in [4.69, 9.17) is 42.0 Å². The SMILES string of the molecule is COc1cc2cc(c1Cl)N(C)C(=O)CC(OC(=O)C(C)N(C)C(=O)C(CSC)NC(=O)C(N)CCCCN)C1(C)OC1C(C)C1CC(C)(NC(O)O1)C(C)C=CC=C(C)C2. The molecule has 336 valence electrons. The minimum atomic E-state index is -1.24. The highest BCUT2D eigenvalue weighted by atomic mass is 35.5. The van der Waals surface area contributed by atoms with Crippen LogP contribution < -0.4 is 31.7 Å². The fourth-order valence-corrected chi connectivity index (χ4v) is 8.83. The van der Waals surface area contributed by atoms with E-state index in [9.17, 15) is 24.3 Å². The van der Waals surface area contributed by atoms with Crippen molar-refractivity contribution in [2.24, 2.45) is 23.3 Å². The summed E-state index contributed by atoms with van der Waals surface area (Å²) in [5.74, 6) is -1.85. The van der Waals surface area contributed by atoms with Gasteiger partial charge in [0.1, 0.15) is 34.6 Å². The Balaban J connectivity index is 1.67. The number of unbranched alkanes of at least 4 members (excludes halogenated alkanes) is 1. The van der Waals surface area contributed by atoms with E-state index in [1.165, 1.54) is 42.6 Å². The largest absolute Gasteiger partial charge is 0.495 e. The van der Waals surface area contributed by atoms with E-state index in [0.717, 1.165) is 17.6 Å². The highest BCUT2D eigenvalue weighted by Gasteiger charge is 2.64. The van der Waals surface area contributed by atoms with Gasteiger partial charge in [0.25, 0.3) is 0 Å². The maximum atomic E-state index is 14.3. The number of benzene rings is 1. The summed E-state index contributed by atoms with van der Waals surface area (Å²) >= 11 is 8.18. The lowest BCUT2D eigenvalue weighted by Crippen LogP contribution is -2.61. The number of epoxide rings is 1. The molecule has 4 bridgehead atoms. The third kappa shape index (κ3) is 11.8. The molecule has 3 aliphatic heterocycles. The Bertz CT molecular complexity index is 1770. The third-order valence-corrected chi connectivity index (χ3v) is 13.5. The minimum Gasteiger partial charge on any atom is -0.495 e. The van der Waals surface area contributed by atoms with Crippen molar-refractivity contribution >= 4 is 52.7 Å². The number of fused-ring (bicyclic) bond motifs is 5. The number of allylic oxidation sites excluding steroid dienone is 3. The van der Waals surface area contributed by atoms with E-state index in [-0.39, 0.29) is 29.0 Å². The molecule has 0 aliphatic carbocycles. The smallest absolute Gasteiger partial charge is 0.328 e. The average Bonchev–Trinajstić information content (AvgIpc) is 3.90. The van der Waals surface area contributed by atoms with Crippen molar-refractivity contribution in [2.75, 3.05) is 44.7 Å². The van der Waals surface area contributed by atoms with Gasteiger partial charge in [-0.3, -0.25) is 19.7 Å². The number of carbonyl (C=O) groups excluding carboxylic acids is 4. The second-order valence-electron chi connectivity index (χ2n) is 17.0. The van der Waals surface area contributed by atoms with Crippen molar-refractivity contribution in [1.29, 1.82) is 0 Å². The molecule has 1 aromatic carbocycles. The van der Waals surface area contributed by atoms with Crippen molar-refractivity contribution < 1.29 is 43.2 Å². The predicted octanol–water partition coefficient (Wildman–Crippen LogP) is 3.67. The molecule has 11 unspecified atom stereocenters. The number of rotatable bonds is 13. The van der Waals surface area contributed by atoms with E-state index >= 15 is 0 Å². The fourth-order valence-electron chi connectivity index (χ4n) is 7.95. The highest BCUT2D eigenvalue weighted by molar-refractivity contribution is 7.98. The number of nitrogens with two attached hydrogens (primary N) is 2. The molecule has 0 spiro atoms. The molecule has 2 fully saturated rings. The Morgan fingerprint density at radius 3 is 2.58 bits per heavy atom. The molecule has 3 aliphatic rings. The number of nitrogens with one attached hydrogen (secondary N) is 2. The van der Waals surface area contributed by atoms with E-state index < -0.39 is 77.7 Å². The standard InChI is InChI=1S/C43H67ClN6O9S/c1-24-14-13-15-25(2)42(5)22-33(57-41(55)48-42)26(3)37-43(6,59-37)34(21-35(51)50(8)31-19-28(18-24)20-32(56-9)36(31)44)58-40(54)27(4)49(7)39(53)30(23-60-10)47-38(52)29(46)16-11-12-17-45/h13-15,19-20,25-27,29-30,33-34,37,41,48,55H,11-12,16-18,21-23,45-46H2,1-10H3,(H,47,52). The van der Waals surface area contributed by atoms with Gasteiger partial charge in [-0.15, -0.1) is 0 Å². The summed E-state index contributed by atoms with van der Waals surface area (Å²) in [4.78, 5) is 57.9. The Labute approximate surface area is 364 Å². The molecule has 15 nitrogen and oxygen atoms in total. The first-order valence-electron chi connectivity index (χ1n) is 20.7. The summed E-state index contributed by atoms with van der Waals surface area (Å²) in [5, 5.41) is 17.1. The molecule has 60 heavy (non-hydrogen) atoms. The van der Waals surface area contributed by atoms with Crippen LogP contribution in [0.1, 0.15) is 79.2 Å². The molecule has 0 saturated carbocycles. The first-order valence-corrected chi connectivity index (χ1v) is 22.5.